The summed E-state index contributed by atoms with van der Waals surface area (Å²) in [5.74, 6) is 1.28. The number of rotatable bonds is 9. The van der Waals surface area contributed by atoms with Gasteiger partial charge in [-0.25, -0.2) is 8.78 Å². The highest BCUT2D eigenvalue weighted by molar-refractivity contribution is 5.27. The van der Waals surface area contributed by atoms with Crippen LogP contribution in [0.25, 0.3) is 0 Å². The molecule has 0 radical (unpaired) electrons. The molecular weight excluding hydrogens is 302 g/mol. The summed E-state index contributed by atoms with van der Waals surface area (Å²) in [7, 11) is 0. The highest BCUT2D eigenvalue weighted by atomic mass is 19.1. The number of halogens is 2. The Balaban J connectivity index is 1.80. The monoisotopic (exact) mass is 334 g/mol. The van der Waals surface area contributed by atoms with Gasteiger partial charge < -0.3 is 0 Å². The first-order chi connectivity index (χ1) is 11.7. The summed E-state index contributed by atoms with van der Waals surface area (Å²) in [6.45, 7) is 2.26. The molecule has 1 fully saturated rings. The highest BCUT2D eigenvalue weighted by Crippen LogP contribution is 2.38. The Labute approximate surface area is 146 Å². The maximum absolute atomic E-state index is 14.2. The Morgan fingerprint density at radius 3 is 2.54 bits per heavy atom. The van der Waals surface area contributed by atoms with E-state index in [0.29, 0.717) is 30.7 Å². The van der Waals surface area contributed by atoms with E-state index in [1.807, 2.05) is 6.07 Å². The summed E-state index contributed by atoms with van der Waals surface area (Å²) in [6, 6.07) is 5.71. The van der Waals surface area contributed by atoms with Gasteiger partial charge in [0.25, 0.3) is 0 Å². The van der Waals surface area contributed by atoms with Crippen LogP contribution in [-0.4, -0.2) is 0 Å². The second-order valence-corrected chi connectivity index (χ2v) is 7.32. The lowest BCUT2D eigenvalue weighted by atomic mass is 9.77. The first-order valence-electron chi connectivity index (χ1n) is 9.78. The fourth-order valence-electron chi connectivity index (χ4n) is 3.97. The van der Waals surface area contributed by atoms with Crippen molar-refractivity contribution >= 4 is 0 Å². The Bertz CT molecular complexity index is 499. The zero-order valence-corrected chi connectivity index (χ0v) is 15.1. The van der Waals surface area contributed by atoms with Crippen molar-refractivity contribution in [3.8, 4) is 0 Å². The third-order valence-corrected chi connectivity index (χ3v) is 5.53. The normalized spacial score (nSPS) is 21.5. The number of benzene rings is 1. The van der Waals surface area contributed by atoms with Crippen LogP contribution in [0, 0.1) is 11.7 Å². The molecule has 0 nitrogen and oxygen atoms in total. The fourth-order valence-corrected chi connectivity index (χ4v) is 3.97. The van der Waals surface area contributed by atoms with Gasteiger partial charge in [0, 0.05) is 0 Å². The molecular formula is C22H32F2. The molecule has 0 N–H and O–H groups in total. The number of aryl methyl sites for hydroxylation is 1. The molecule has 0 heterocycles. The third-order valence-electron chi connectivity index (χ3n) is 5.53. The maximum Gasteiger partial charge on any atom is 0.126 e. The lowest BCUT2D eigenvalue weighted by molar-refractivity contribution is 0.302. The van der Waals surface area contributed by atoms with Crippen molar-refractivity contribution in [2.45, 2.75) is 83.5 Å². The van der Waals surface area contributed by atoms with Crippen LogP contribution in [0.1, 0.15) is 88.2 Å². The van der Waals surface area contributed by atoms with Crippen LogP contribution >= 0.6 is 0 Å². The molecule has 0 amide bonds. The van der Waals surface area contributed by atoms with E-state index in [4.69, 9.17) is 0 Å². The largest absolute Gasteiger partial charge is 0.216 e. The molecule has 0 spiro atoms. The molecule has 0 atom stereocenters. The minimum Gasteiger partial charge on any atom is -0.216 e. The number of hydrogen-bond acceptors (Lipinski definition) is 0. The van der Waals surface area contributed by atoms with E-state index in [2.05, 4.69) is 13.0 Å². The van der Waals surface area contributed by atoms with Crippen molar-refractivity contribution in [2.24, 2.45) is 5.92 Å². The van der Waals surface area contributed by atoms with Crippen molar-refractivity contribution < 1.29 is 8.78 Å². The van der Waals surface area contributed by atoms with Gasteiger partial charge >= 0.3 is 0 Å². The van der Waals surface area contributed by atoms with Gasteiger partial charge in [0.1, 0.15) is 5.82 Å². The average molecular weight is 334 g/mol. The third kappa shape index (κ3) is 6.03. The molecule has 1 saturated carbocycles. The van der Waals surface area contributed by atoms with E-state index < -0.39 is 0 Å². The first kappa shape index (κ1) is 19.1. The van der Waals surface area contributed by atoms with E-state index in [9.17, 15) is 8.78 Å². The Morgan fingerprint density at radius 1 is 1.08 bits per heavy atom. The minimum absolute atomic E-state index is 0.124. The van der Waals surface area contributed by atoms with Crippen LogP contribution in [-0.2, 0) is 6.42 Å². The van der Waals surface area contributed by atoms with Gasteiger partial charge in [0.05, 0.1) is 6.33 Å². The molecule has 1 aliphatic rings. The predicted octanol–water partition coefficient (Wildman–Crippen LogP) is 7.49. The lowest BCUT2D eigenvalue weighted by Crippen LogP contribution is -2.13. The minimum atomic E-state index is -0.124. The van der Waals surface area contributed by atoms with E-state index in [0.717, 1.165) is 11.5 Å². The van der Waals surface area contributed by atoms with Gasteiger partial charge in [0.2, 0.25) is 0 Å². The van der Waals surface area contributed by atoms with Crippen LogP contribution < -0.4 is 0 Å². The van der Waals surface area contributed by atoms with Gasteiger partial charge in [-0.2, -0.15) is 0 Å². The van der Waals surface area contributed by atoms with Gasteiger partial charge in [-0.1, -0.05) is 57.2 Å². The molecule has 24 heavy (non-hydrogen) atoms. The van der Waals surface area contributed by atoms with Crippen LogP contribution in [0.3, 0.4) is 0 Å². The molecule has 1 aromatic carbocycles. The zero-order valence-electron chi connectivity index (χ0n) is 15.1. The van der Waals surface area contributed by atoms with Crippen LogP contribution in [0.5, 0.6) is 0 Å². The summed E-state index contributed by atoms with van der Waals surface area (Å²) in [5.41, 5.74) is 1.85. The summed E-state index contributed by atoms with van der Waals surface area (Å²) < 4.78 is 26.2. The Morgan fingerprint density at radius 2 is 1.88 bits per heavy atom. The van der Waals surface area contributed by atoms with Gasteiger partial charge in [0.15, 0.2) is 0 Å². The summed E-state index contributed by atoms with van der Waals surface area (Å²) in [5, 5.41) is 0. The smallest absolute Gasteiger partial charge is 0.126 e. The van der Waals surface area contributed by atoms with Gasteiger partial charge in [-0.3, -0.25) is 0 Å². The molecule has 0 unspecified atom stereocenters. The first-order valence-corrected chi connectivity index (χ1v) is 9.78. The lowest BCUT2D eigenvalue weighted by Gasteiger charge is -2.29. The quantitative estimate of drug-likeness (QED) is 0.410. The molecule has 1 aromatic rings. The van der Waals surface area contributed by atoms with E-state index in [1.54, 1.807) is 6.07 Å². The van der Waals surface area contributed by atoms with Crippen molar-refractivity contribution in [1.82, 2.24) is 0 Å². The van der Waals surface area contributed by atoms with Gasteiger partial charge in [-0.05, 0) is 67.6 Å². The van der Waals surface area contributed by atoms with E-state index in [-0.39, 0.29) is 5.82 Å². The van der Waals surface area contributed by atoms with Crippen LogP contribution in [0.4, 0.5) is 8.78 Å². The number of unbranched alkanes of at least 4 members (excludes halogenated alkanes) is 3. The van der Waals surface area contributed by atoms with E-state index >= 15 is 0 Å². The standard InChI is InChI=1S/C22H32F2/c1-2-3-4-5-8-18-10-12-19(13-11-18)21-15-14-20(22(24)17-21)9-6-7-16-23/h7,14-19H,2-6,8-13H2,1H3/b16-7+/t18-,19-. The summed E-state index contributed by atoms with van der Waals surface area (Å²) in [6.07, 6.45) is 14.9. The summed E-state index contributed by atoms with van der Waals surface area (Å²) in [4.78, 5) is 0. The van der Waals surface area contributed by atoms with Gasteiger partial charge in [-0.15, -0.1) is 0 Å². The highest BCUT2D eigenvalue weighted by Gasteiger charge is 2.22. The second-order valence-electron chi connectivity index (χ2n) is 7.32. The van der Waals surface area contributed by atoms with Crippen molar-refractivity contribution in [3.05, 3.63) is 47.5 Å². The molecule has 0 saturated heterocycles. The fraction of sp³-hybridized carbons (Fsp3) is 0.636. The second kappa shape index (κ2) is 10.6. The molecule has 2 heteroatoms. The molecule has 0 aliphatic heterocycles. The molecule has 0 bridgehead atoms. The average Bonchev–Trinajstić information content (AvgIpc) is 2.61. The molecule has 2 rings (SSSR count). The zero-order chi connectivity index (χ0) is 17.2. The topological polar surface area (TPSA) is 0 Å². The van der Waals surface area contributed by atoms with Crippen molar-refractivity contribution in [3.63, 3.8) is 0 Å². The predicted molar refractivity (Wildman–Crippen MR) is 98.4 cm³/mol. The SMILES string of the molecule is CCCCCC[C@H]1CC[C@H](c2ccc(CC/C=C/F)c(F)c2)CC1. The van der Waals surface area contributed by atoms with Crippen molar-refractivity contribution in [1.29, 1.82) is 0 Å². The van der Waals surface area contributed by atoms with E-state index in [1.165, 1.54) is 63.9 Å². The Kier molecular flexibility index (Phi) is 8.49. The maximum atomic E-state index is 14.2. The van der Waals surface area contributed by atoms with Crippen molar-refractivity contribution in [2.75, 3.05) is 0 Å². The van der Waals surface area contributed by atoms with Crippen LogP contribution in [0.15, 0.2) is 30.6 Å². The molecule has 1 aliphatic carbocycles. The van der Waals surface area contributed by atoms with Crippen LogP contribution in [0.2, 0.25) is 0 Å². The molecule has 134 valence electrons. The Hall–Kier alpha value is -1.18. The molecule has 0 aromatic heterocycles. The number of hydrogen-bond donors (Lipinski definition) is 0. The number of allylic oxidation sites excluding steroid dienone is 1. The summed E-state index contributed by atoms with van der Waals surface area (Å²) >= 11 is 0.